The Kier molecular flexibility index (Phi) is 5.88. The van der Waals surface area contributed by atoms with Crippen molar-refractivity contribution in [3.63, 3.8) is 0 Å². The average Bonchev–Trinajstić information content (AvgIpc) is 2.48. The van der Waals surface area contributed by atoms with E-state index >= 15 is 0 Å². The predicted molar refractivity (Wildman–Crippen MR) is 94.7 cm³/mol. The summed E-state index contributed by atoms with van der Waals surface area (Å²) in [5, 5.41) is 2.90. The van der Waals surface area contributed by atoms with Gasteiger partial charge in [-0.05, 0) is 43.2 Å². The van der Waals surface area contributed by atoms with Crippen LogP contribution < -0.4 is 5.32 Å². The number of halogens is 1. The number of carbonyl (C=O) groups is 1. The normalized spacial score (nSPS) is 12.0. The third-order valence-electron chi connectivity index (χ3n) is 3.16. The number of anilines is 1. The highest BCUT2D eigenvalue weighted by Crippen LogP contribution is 2.22. The molecule has 0 saturated carbocycles. The van der Waals surface area contributed by atoms with Crippen LogP contribution in [-0.4, -0.2) is 11.2 Å². The first-order chi connectivity index (χ1) is 10.1. The molecule has 1 amide bonds. The maximum Gasteiger partial charge on any atom is 0.237 e. The maximum atomic E-state index is 12.2. The quantitative estimate of drug-likeness (QED) is 0.807. The number of hydrogen-bond acceptors (Lipinski definition) is 2. The third-order valence-corrected chi connectivity index (χ3v) is 4.87. The molecule has 2 aromatic carbocycles. The minimum atomic E-state index is -0.0896. The highest BCUT2D eigenvalue weighted by molar-refractivity contribution is 9.10. The van der Waals surface area contributed by atoms with Gasteiger partial charge in [-0.15, -0.1) is 11.8 Å². The summed E-state index contributed by atoms with van der Waals surface area (Å²) in [7, 11) is 0. The number of nitrogens with one attached hydrogen (secondary N) is 1. The predicted octanol–water partition coefficient (Wildman–Crippen LogP) is 5.02. The van der Waals surface area contributed by atoms with Gasteiger partial charge < -0.3 is 5.32 Å². The Bertz CT molecular complexity index is 615. The van der Waals surface area contributed by atoms with Gasteiger partial charge >= 0.3 is 0 Å². The first kappa shape index (κ1) is 16.1. The molecule has 110 valence electrons. The van der Waals surface area contributed by atoms with Crippen molar-refractivity contribution >= 4 is 39.3 Å². The number of hydrogen-bond donors (Lipinski definition) is 1. The van der Waals surface area contributed by atoms with E-state index in [2.05, 4.69) is 33.4 Å². The van der Waals surface area contributed by atoms with Gasteiger partial charge in [0, 0.05) is 15.9 Å². The SMILES string of the molecule is Cc1cc(Br)ccc1NC(=O)C(C)SCc1ccccc1. The molecule has 0 radical (unpaired) electrons. The van der Waals surface area contributed by atoms with E-state index in [-0.39, 0.29) is 11.2 Å². The zero-order valence-corrected chi connectivity index (χ0v) is 14.5. The van der Waals surface area contributed by atoms with E-state index in [9.17, 15) is 4.79 Å². The first-order valence-electron chi connectivity index (χ1n) is 6.79. The van der Waals surface area contributed by atoms with Crippen LogP contribution in [-0.2, 0) is 10.5 Å². The van der Waals surface area contributed by atoms with Crippen molar-refractivity contribution in [2.45, 2.75) is 24.9 Å². The van der Waals surface area contributed by atoms with E-state index in [1.54, 1.807) is 11.8 Å². The molecule has 0 aliphatic rings. The summed E-state index contributed by atoms with van der Waals surface area (Å²) in [6.07, 6.45) is 0. The van der Waals surface area contributed by atoms with Crippen molar-refractivity contribution in [2.24, 2.45) is 0 Å². The molecule has 2 aromatic rings. The van der Waals surface area contributed by atoms with Gasteiger partial charge in [0.25, 0.3) is 0 Å². The molecule has 4 heteroatoms. The second-order valence-corrected chi connectivity index (χ2v) is 7.13. The molecule has 0 aliphatic heterocycles. The van der Waals surface area contributed by atoms with Crippen LogP contribution in [0.5, 0.6) is 0 Å². The highest BCUT2D eigenvalue weighted by Gasteiger charge is 2.14. The van der Waals surface area contributed by atoms with Gasteiger partial charge in [-0.1, -0.05) is 46.3 Å². The molecule has 0 aromatic heterocycles. The topological polar surface area (TPSA) is 29.1 Å². The van der Waals surface area contributed by atoms with Crippen LogP contribution in [0, 0.1) is 6.92 Å². The van der Waals surface area contributed by atoms with Crippen molar-refractivity contribution in [1.82, 2.24) is 0 Å². The Morgan fingerprint density at radius 1 is 1.24 bits per heavy atom. The van der Waals surface area contributed by atoms with E-state index < -0.39 is 0 Å². The van der Waals surface area contributed by atoms with E-state index in [1.165, 1.54) is 5.56 Å². The van der Waals surface area contributed by atoms with Gasteiger partial charge in [0.05, 0.1) is 5.25 Å². The summed E-state index contributed by atoms with van der Waals surface area (Å²) in [5.41, 5.74) is 3.16. The van der Waals surface area contributed by atoms with Crippen molar-refractivity contribution in [3.8, 4) is 0 Å². The number of amides is 1. The number of carbonyl (C=O) groups excluding carboxylic acids is 1. The van der Waals surface area contributed by atoms with Gasteiger partial charge in [-0.2, -0.15) is 0 Å². The third kappa shape index (κ3) is 4.90. The zero-order chi connectivity index (χ0) is 15.2. The fraction of sp³-hybridized carbons (Fsp3) is 0.235. The summed E-state index contributed by atoms with van der Waals surface area (Å²) in [6, 6.07) is 16.1. The molecule has 2 nitrogen and oxygen atoms in total. The molecule has 1 N–H and O–H groups in total. The monoisotopic (exact) mass is 363 g/mol. The van der Waals surface area contributed by atoms with Gasteiger partial charge in [0.2, 0.25) is 5.91 Å². The van der Waals surface area contributed by atoms with Crippen LogP contribution in [0.15, 0.2) is 53.0 Å². The van der Waals surface area contributed by atoms with E-state index in [4.69, 9.17) is 0 Å². The van der Waals surface area contributed by atoms with Gasteiger partial charge in [0.15, 0.2) is 0 Å². The molecule has 0 spiro atoms. The lowest BCUT2D eigenvalue weighted by atomic mass is 10.2. The van der Waals surface area contributed by atoms with Gasteiger partial charge in [-0.25, -0.2) is 0 Å². The van der Waals surface area contributed by atoms with E-state index in [0.29, 0.717) is 0 Å². The molecular formula is C17H18BrNOS. The lowest BCUT2D eigenvalue weighted by Crippen LogP contribution is -2.23. The second kappa shape index (κ2) is 7.66. The van der Waals surface area contributed by atoms with Crippen molar-refractivity contribution in [1.29, 1.82) is 0 Å². The molecule has 0 fully saturated rings. The van der Waals surface area contributed by atoms with Crippen molar-refractivity contribution in [2.75, 3.05) is 5.32 Å². The molecule has 0 saturated heterocycles. The summed E-state index contributed by atoms with van der Waals surface area (Å²) >= 11 is 5.07. The molecule has 0 aliphatic carbocycles. The van der Waals surface area contributed by atoms with Crippen LogP contribution in [0.4, 0.5) is 5.69 Å². The largest absolute Gasteiger partial charge is 0.325 e. The Labute approximate surface area is 138 Å². The Hall–Kier alpha value is -1.26. The molecule has 21 heavy (non-hydrogen) atoms. The number of thioether (sulfide) groups is 1. The van der Waals surface area contributed by atoms with Crippen molar-refractivity contribution in [3.05, 3.63) is 64.1 Å². The summed E-state index contributed by atoms with van der Waals surface area (Å²) in [4.78, 5) is 12.2. The molecular weight excluding hydrogens is 346 g/mol. The van der Waals surface area contributed by atoms with Crippen molar-refractivity contribution < 1.29 is 4.79 Å². The first-order valence-corrected chi connectivity index (χ1v) is 8.63. The lowest BCUT2D eigenvalue weighted by Gasteiger charge is -2.13. The smallest absolute Gasteiger partial charge is 0.237 e. The van der Waals surface area contributed by atoms with Crippen LogP contribution in [0.1, 0.15) is 18.1 Å². The standard InChI is InChI=1S/C17H18BrNOS/c1-12-10-15(18)8-9-16(12)19-17(20)13(2)21-11-14-6-4-3-5-7-14/h3-10,13H,11H2,1-2H3,(H,19,20). The minimum Gasteiger partial charge on any atom is -0.325 e. The zero-order valence-electron chi connectivity index (χ0n) is 12.1. The fourth-order valence-corrected chi connectivity index (χ4v) is 3.19. The number of rotatable bonds is 5. The van der Waals surface area contributed by atoms with Gasteiger partial charge in [-0.3, -0.25) is 4.79 Å². The maximum absolute atomic E-state index is 12.2. The second-order valence-electron chi connectivity index (χ2n) is 4.89. The Morgan fingerprint density at radius 3 is 2.62 bits per heavy atom. The minimum absolute atomic E-state index is 0.0429. The van der Waals surface area contributed by atoms with Crippen LogP contribution in [0.3, 0.4) is 0 Å². The van der Waals surface area contributed by atoms with E-state index in [0.717, 1.165) is 21.5 Å². The molecule has 1 unspecified atom stereocenters. The van der Waals surface area contributed by atoms with Crippen LogP contribution >= 0.6 is 27.7 Å². The Balaban J connectivity index is 1.90. The lowest BCUT2D eigenvalue weighted by molar-refractivity contribution is -0.115. The summed E-state index contributed by atoms with van der Waals surface area (Å²) in [5.74, 6) is 0.885. The van der Waals surface area contributed by atoms with Crippen LogP contribution in [0.2, 0.25) is 0 Å². The average molecular weight is 364 g/mol. The molecule has 0 bridgehead atoms. The number of benzene rings is 2. The summed E-state index contributed by atoms with van der Waals surface area (Å²) < 4.78 is 1.02. The van der Waals surface area contributed by atoms with E-state index in [1.807, 2.05) is 50.2 Å². The van der Waals surface area contributed by atoms with Crippen LogP contribution in [0.25, 0.3) is 0 Å². The number of aryl methyl sites for hydroxylation is 1. The molecule has 0 heterocycles. The Morgan fingerprint density at radius 2 is 1.95 bits per heavy atom. The molecule has 2 rings (SSSR count). The summed E-state index contributed by atoms with van der Waals surface area (Å²) in [6.45, 7) is 3.93. The fourth-order valence-electron chi connectivity index (χ4n) is 1.87. The molecule has 1 atom stereocenters. The highest BCUT2D eigenvalue weighted by atomic mass is 79.9. The van der Waals surface area contributed by atoms with Gasteiger partial charge in [0.1, 0.15) is 0 Å².